The van der Waals surface area contributed by atoms with Crippen LogP contribution in [-0.4, -0.2) is 5.78 Å². The third-order valence-electron chi connectivity index (χ3n) is 3.13. The maximum atomic E-state index is 12.3. The van der Waals surface area contributed by atoms with E-state index in [4.69, 9.17) is 0 Å². The fourth-order valence-corrected chi connectivity index (χ4v) is 1.91. The molecule has 1 nitrogen and oxygen atoms in total. The minimum Gasteiger partial charge on any atom is -0.289 e. The van der Waals surface area contributed by atoms with Crippen molar-refractivity contribution in [2.45, 2.75) is 26.7 Å². The molecule has 0 unspecified atom stereocenters. The van der Waals surface area contributed by atoms with E-state index >= 15 is 0 Å². The molecule has 0 spiro atoms. The van der Waals surface area contributed by atoms with Crippen LogP contribution in [0.3, 0.4) is 0 Å². The minimum atomic E-state index is 0.0949. The summed E-state index contributed by atoms with van der Waals surface area (Å²) >= 11 is 0. The van der Waals surface area contributed by atoms with E-state index in [9.17, 15) is 4.79 Å². The molecule has 0 fully saturated rings. The Morgan fingerprint density at radius 3 is 2.22 bits per heavy atom. The third kappa shape index (κ3) is 2.67. The zero-order chi connectivity index (χ0) is 13.1. The highest BCUT2D eigenvalue weighted by Crippen LogP contribution is 2.18. The van der Waals surface area contributed by atoms with Crippen LogP contribution in [0.15, 0.2) is 48.5 Å². The summed E-state index contributed by atoms with van der Waals surface area (Å²) in [6.45, 7) is 6.29. The van der Waals surface area contributed by atoms with Crippen LogP contribution in [0.1, 0.15) is 46.8 Å². The number of hydrogen-bond donors (Lipinski definition) is 0. The first-order chi connectivity index (χ1) is 8.58. The molecule has 0 aliphatic rings. The highest BCUT2D eigenvalue weighted by molar-refractivity contribution is 6.09. The van der Waals surface area contributed by atoms with Crippen LogP contribution in [0.5, 0.6) is 0 Å². The van der Waals surface area contributed by atoms with E-state index in [0.29, 0.717) is 5.92 Å². The molecule has 1 heteroatoms. The second-order valence-corrected chi connectivity index (χ2v) is 4.98. The lowest BCUT2D eigenvalue weighted by Crippen LogP contribution is -2.02. The molecule has 0 saturated heterocycles. The molecule has 0 aliphatic carbocycles. The zero-order valence-electron chi connectivity index (χ0n) is 11.1. The van der Waals surface area contributed by atoms with Gasteiger partial charge in [-0.1, -0.05) is 61.9 Å². The van der Waals surface area contributed by atoms with Crippen molar-refractivity contribution in [1.82, 2.24) is 0 Å². The van der Waals surface area contributed by atoms with Crippen molar-refractivity contribution >= 4 is 5.78 Å². The normalized spacial score (nSPS) is 10.7. The molecule has 0 bridgehead atoms. The summed E-state index contributed by atoms with van der Waals surface area (Å²) in [5, 5.41) is 0. The Bertz CT molecular complexity index is 550. The van der Waals surface area contributed by atoms with E-state index in [1.165, 1.54) is 11.1 Å². The number of rotatable bonds is 3. The Morgan fingerprint density at radius 2 is 1.61 bits per heavy atom. The van der Waals surface area contributed by atoms with Gasteiger partial charge in [-0.15, -0.1) is 0 Å². The molecule has 2 aromatic carbocycles. The first-order valence-electron chi connectivity index (χ1n) is 6.29. The summed E-state index contributed by atoms with van der Waals surface area (Å²) in [4.78, 5) is 12.3. The molecule has 0 atom stereocenters. The maximum absolute atomic E-state index is 12.3. The van der Waals surface area contributed by atoms with Crippen LogP contribution >= 0.6 is 0 Å². The van der Waals surface area contributed by atoms with E-state index in [2.05, 4.69) is 19.9 Å². The fourth-order valence-electron chi connectivity index (χ4n) is 1.91. The second-order valence-electron chi connectivity index (χ2n) is 4.98. The van der Waals surface area contributed by atoms with Gasteiger partial charge in [0.2, 0.25) is 0 Å². The Balaban J connectivity index is 2.34. The van der Waals surface area contributed by atoms with E-state index in [1.807, 2.05) is 49.4 Å². The summed E-state index contributed by atoms with van der Waals surface area (Å²) in [6.07, 6.45) is 0. The van der Waals surface area contributed by atoms with Gasteiger partial charge >= 0.3 is 0 Å². The molecule has 0 radical (unpaired) electrons. The SMILES string of the molecule is Cc1ccc(C(=O)c2cccc(C(C)C)c2)cc1. The van der Waals surface area contributed by atoms with Gasteiger partial charge in [0.1, 0.15) is 0 Å². The first kappa shape index (κ1) is 12.6. The Morgan fingerprint density at radius 1 is 0.944 bits per heavy atom. The smallest absolute Gasteiger partial charge is 0.193 e. The van der Waals surface area contributed by atoms with Crippen molar-refractivity contribution in [3.8, 4) is 0 Å². The largest absolute Gasteiger partial charge is 0.289 e. The fraction of sp³-hybridized carbons (Fsp3) is 0.235. The van der Waals surface area contributed by atoms with E-state index in [1.54, 1.807) is 0 Å². The van der Waals surface area contributed by atoms with Crippen molar-refractivity contribution in [2.75, 3.05) is 0 Å². The average molecular weight is 238 g/mol. The molecule has 2 aromatic rings. The van der Waals surface area contributed by atoms with Crippen LogP contribution in [0, 0.1) is 6.92 Å². The molecular weight excluding hydrogens is 220 g/mol. The lowest BCUT2D eigenvalue weighted by atomic mass is 9.96. The molecule has 2 rings (SSSR count). The third-order valence-corrected chi connectivity index (χ3v) is 3.13. The topological polar surface area (TPSA) is 17.1 Å². The molecule has 0 aromatic heterocycles. The van der Waals surface area contributed by atoms with Crippen molar-refractivity contribution in [1.29, 1.82) is 0 Å². The summed E-state index contributed by atoms with van der Waals surface area (Å²) in [7, 11) is 0. The predicted molar refractivity (Wildman–Crippen MR) is 75.1 cm³/mol. The van der Waals surface area contributed by atoms with Crippen molar-refractivity contribution in [3.05, 3.63) is 70.8 Å². The second kappa shape index (κ2) is 5.18. The number of ketones is 1. The van der Waals surface area contributed by atoms with E-state index in [-0.39, 0.29) is 5.78 Å². The van der Waals surface area contributed by atoms with Crippen molar-refractivity contribution in [3.63, 3.8) is 0 Å². The van der Waals surface area contributed by atoms with Crippen LogP contribution in [0.2, 0.25) is 0 Å². The molecule has 18 heavy (non-hydrogen) atoms. The highest BCUT2D eigenvalue weighted by Gasteiger charge is 2.10. The minimum absolute atomic E-state index is 0.0949. The number of aryl methyl sites for hydroxylation is 1. The Hall–Kier alpha value is -1.89. The number of carbonyl (C=O) groups excluding carboxylic acids is 1. The highest BCUT2D eigenvalue weighted by atomic mass is 16.1. The molecule has 92 valence electrons. The van der Waals surface area contributed by atoms with Crippen LogP contribution < -0.4 is 0 Å². The molecule has 0 saturated carbocycles. The van der Waals surface area contributed by atoms with Gasteiger partial charge in [0, 0.05) is 11.1 Å². The Labute approximate surface area is 108 Å². The standard InChI is InChI=1S/C17H18O/c1-12(2)15-5-4-6-16(11-15)17(18)14-9-7-13(3)8-10-14/h4-12H,1-3H3. The number of hydrogen-bond acceptors (Lipinski definition) is 1. The van der Waals surface area contributed by atoms with Crippen molar-refractivity contribution in [2.24, 2.45) is 0 Å². The molecule has 0 heterocycles. The van der Waals surface area contributed by atoms with Gasteiger partial charge in [-0.3, -0.25) is 4.79 Å². The number of carbonyl (C=O) groups is 1. The van der Waals surface area contributed by atoms with Gasteiger partial charge in [0.25, 0.3) is 0 Å². The van der Waals surface area contributed by atoms with Gasteiger partial charge in [0.15, 0.2) is 5.78 Å². The van der Waals surface area contributed by atoms with E-state index < -0.39 is 0 Å². The van der Waals surface area contributed by atoms with E-state index in [0.717, 1.165) is 11.1 Å². The average Bonchev–Trinajstić information content (AvgIpc) is 2.39. The van der Waals surface area contributed by atoms with Gasteiger partial charge < -0.3 is 0 Å². The maximum Gasteiger partial charge on any atom is 0.193 e. The van der Waals surface area contributed by atoms with Crippen LogP contribution in [-0.2, 0) is 0 Å². The summed E-state index contributed by atoms with van der Waals surface area (Å²) in [5.74, 6) is 0.535. The quantitative estimate of drug-likeness (QED) is 0.726. The lowest BCUT2D eigenvalue weighted by Gasteiger charge is -2.07. The van der Waals surface area contributed by atoms with Gasteiger partial charge in [-0.05, 0) is 24.5 Å². The van der Waals surface area contributed by atoms with Gasteiger partial charge in [-0.25, -0.2) is 0 Å². The summed E-state index contributed by atoms with van der Waals surface area (Å²) in [5.41, 5.74) is 3.89. The number of benzene rings is 2. The Kier molecular flexibility index (Phi) is 3.61. The first-order valence-corrected chi connectivity index (χ1v) is 6.29. The van der Waals surface area contributed by atoms with Crippen molar-refractivity contribution < 1.29 is 4.79 Å². The van der Waals surface area contributed by atoms with Gasteiger partial charge in [0.05, 0.1) is 0 Å². The zero-order valence-corrected chi connectivity index (χ0v) is 11.1. The summed E-state index contributed by atoms with van der Waals surface area (Å²) < 4.78 is 0. The molecule has 0 aliphatic heterocycles. The van der Waals surface area contributed by atoms with Crippen LogP contribution in [0.4, 0.5) is 0 Å². The summed E-state index contributed by atoms with van der Waals surface area (Å²) in [6, 6.07) is 15.6. The predicted octanol–water partition coefficient (Wildman–Crippen LogP) is 4.35. The molecule has 0 amide bonds. The van der Waals surface area contributed by atoms with Crippen LogP contribution in [0.25, 0.3) is 0 Å². The van der Waals surface area contributed by atoms with Gasteiger partial charge in [-0.2, -0.15) is 0 Å². The molecular formula is C17H18O. The monoisotopic (exact) mass is 238 g/mol. The molecule has 0 N–H and O–H groups in total. The lowest BCUT2D eigenvalue weighted by molar-refractivity contribution is 0.103.